The van der Waals surface area contributed by atoms with Gasteiger partial charge >= 0.3 is 0 Å². The smallest absolute Gasteiger partial charge is 0.194 e. The van der Waals surface area contributed by atoms with Crippen LogP contribution in [-0.4, -0.2) is 50.1 Å². The van der Waals surface area contributed by atoms with E-state index in [-0.39, 0.29) is 0 Å². The fourth-order valence-electron chi connectivity index (χ4n) is 1.84. The minimum atomic E-state index is 0.626. The van der Waals surface area contributed by atoms with Crippen LogP contribution in [0.3, 0.4) is 0 Å². The third-order valence-electron chi connectivity index (χ3n) is 2.73. The van der Waals surface area contributed by atoms with E-state index < -0.39 is 0 Å². The molecule has 13 heavy (non-hydrogen) atoms. The van der Waals surface area contributed by atoms with Crippen LogP contribution in [0.25, 0.3) is 0 Å². The van der Waals surface area contributed by atoms with Crippen molar-refractivity contribution in [3.8, 4) is 0 Å². The number of aliphatic imine (C=N–C) groups is 1. The standard InChI is InChI=1S/C9H18N4/c1-13-7-6-11-9(13)12-8-2-4-10-5-3-8/h8,10H,2-7H2,1H3,(H,11,12). The Morgan fingerprint density at radius 1 is 1.46 bits per heavy atom. The molecule has 0 aromatic heterocycles. The van der Waals surface area contributed by atoms with Gasteiger partial charge in [-0.2, -0.15) is 0 Å². The molecule has 0 amide bonds. The fourth-order valence-corrected chi connectivity index (χ4v) is 1.84. The maximum Gasteiger partial charge on any atom is 0.194 e. The monoisotopic (exact) mass is 182 g/mol. The average Bonchev–Trinajstić information content (AvgIpc) is 2.54. The lowest BCUT2D eigenvalue weighted by molar-refractivity contribution is 0.412. The van der Waals surface area contributed by atoms with E-state index in [0.29, 0.717) is 6.04 Å². The average molecular weight is 182 g/mol. The van der Waals surface area contributed by atoms with Crippen LogP contribution in [0.1, 0.15) is 12.8 Å². The minimum Gasteiger partial charge on any atom is -0.353 e. The lowest BCUT2D eigenvalue weighted by Gasteiger charge is -2.26. The van der Waals surface area contributed by atoms with Crippen molar-refractivity contribution < 1.29 is 0 Å². The summed E-state index contributed by atoms with van der Waals surface area (Å²) in [7, 11) is 2.10. The number of guanidine groups is 1. The predicted octanol–water partition coefficient (Wildman–Crippen LogP) is -0.371. The van der Waals surface area contributed by atoms with Crippen LogP contribution in [0.4, 0.5) is 0 Å². The molecule has 74 valence electrons. The molecule has 2 aliphatic heterocycles. The van der Waals surface area contributed by atoms with Gasteiger partial charge in [0.25, 0.3) is 0 Å². The first-order valence-corrected chi connectivity index (χ1v) is 5.09. The van der Waals surface area contributed by atoms with E-state index in [0.717, 1.165) is 32.1 Å². The van der Waals surface area contributed by atoms with Gasteiger partial charge < -0.3 is 15.5 Å². The van der Waals surface area contributed by atoms with Gasteiger partial charge in [0.15, 0.2) is 5.96 Å². The minimum absolute atomic E-state index is 0.626. The number of nitrogens with zero attached hydrogens (tertiary/aromatic N) is 2. The molecule has 1 fully saturated rings. The van der Waals surface area contributed by atoms with Crippen LogP contribution in [0.2, 0.25) is 0 Å². The van der Waals surface area contributed by atoms with Gasteiger partial charge in [0, 0.05) is 19.6 Å². The quantitative estimate of drug-likeness (QED) is 0.581. The van der Waals surface area contributed by atoms with Crippen molar-refractivity contribution in [2.75, 3.05) is 33.2 Å². The van der Waals surface area contributed by atoms with E-state index >= 15 is 0 Å². The number of hydrogen-bond acceptors (Lipinski definition) is 4. The fraction of sp³-hybridized carbons (Fsp3) is 0.889. The molecule has 1 saturated heterocycles. The highest BCUT2D eigenvalue weighted by Crippen LogP contribution is 2.04. The summed E-state index contributed by atoms with van der Waals surface area (Å²) >= 11 is 0. The Kier molecular flexibility index (Phi) is 2.68. The molecule has 4 heteroatoms. The number of rotatable bonds is 1. The maximum atomic E-state index is 4.42. The molecule has 0 spiro atoms. The van der Waals surface area contributed by atoms with Gasteiger partial charge in [-0.15, -0.1) is 0 Å². The van der Waals surface area contributed by atoms with E-state index in [2.05, 4.69) is 27.6 Å². The number of nitrogens with one attached hydrogen (secondary N) is 2. The molecule has 0 bridgehead atoms. The summed E-state index contributed by atoms with van der Waals surface area (Å²) in [5.74, 6) is 1.09. The Balaban J connectivity index is 1.82. The number of likely N-dealkylation sites (N-methyl/N-ethyl adjacent to an activating group) is 1. The molecular weight excluding hydrogens is 164 g/mol. The van der Waals surface area contributed by atoms with E-state index in [4.69, 9.17) is 0 Å². The molecule has 2 rings (SSSR count). The molecule has 2 aliphatic rings. The van der Waals surface area contributed by atoms with Crippen molar-refractivity contribution in [3.05, 3.63) is 0 Å². The summed E-state index contributed by atoms with van der Waals surface area (Å²) in [5.41, 5.74) is 0. The van der Waals surface area contributed by atoms with Gasteiger partial charge in [-0.3, -0.25) is 4.99 Å². The molecule has 0 unspecified atom stereocenters. The topological polar surface area (TPSA) is 39.7 Å². The van der Waals surface area contributed by atoms with Gasteiger partial charge in [-0.05, 0) is 25.9 Å². The largest absolute Gasteiger partial charge is 0.353 e. The first kappa shape index (κ1) is 8.81. The van der Waals surface area contributed by atoms with E-state index in [1.807, 2.05) is 0 Å². The van der Waals surface area contributed by atoms with Crippen LogP contribution in [-0.2, 0) is 0 Å². The molecule has 0 atom stereocenters. The van der Waals surface area contributed by atoms with Crippen molar-refractivity contribution in [3.63, 3.8) is 0 Å². The lowest BCUT2D eigenvalue weighted by Crippen LogP contribution is -2.46. The second kappa shape index (κ2) is 3.96. The van der Waals surface area contributed by atoms with Crippen molar-refractivity contribution in [1.82, 2.24) is 15.5 Å². The van der Waals surface area contributed by atoms with E-state index in [1.54, 1.807) is 0 Å². The van der Waals surface area contributed by atoms with Gasteiger partial charge in [0.2, 0.25) is 0 Å². The van der Waals surface area contributed by atoms with E-state index in [9.17, 15) is 0 Å². The molecule has 0 aliphatic carbocycles. The normalized spacial score (nSPS) is 24.7. The molecule has 0 radical (unpaired) electrons. The Morgan fingerprint density at radius 2 is 2.23 bits per heavy atom. The highest BCUT2D eigenvalue weighted by atomic mass is 15.3. The van der Waals surface area contributed by atoms with Crippen LogP contribution in [0, 0.1) is 0 Å². The van der Waals surface area contributed by atoms with Gasteiger partial charge in [-0.25, -0.2) is 0 Å². The Labute approximate surface area is 79.4 Å². The third-order valence-corrected chi connectivity index (χ3v) is 2.73. The highest BCUT2D eigenvalue weighted by Gasteiger charge is 2.18. The Hall–Kier alpha value is -0.770. The molecule has 4 nitrogen and oxygen atoms in total. The first-order chi connectivity index (χ1) is 6.36. The summed E-state index contributed by atoms with van der Waals surface area (Å²) < 4.78 is 0. The second-order valence-electron chi connectivity index (χ2n) is 3.80. The zero-order chi connectivity index (χ0) is 9.10. The van der Waals surface area contributed by atoms with Crippen LogP contribution >= 0.6 is 0 Å². The number of piperidine rings is 1. The zero-order valence-corrected chi connectivity index (χ0v) is 8.21. The summed E-state index contributed by atoms with van der Waals surface area (Å²) in [5, 5.41) is 6.86. The molecule has 0 aromatic rings. The van der Waals surface area contributed by atoms with Crippen LogP contribution < -0.4 is 10.6 Å². The molecule has 2 heterocycles. The van der Waals surface area contributed by atoms with Crippen LogP contribution in [0.5, 0.6) is 0 Å². The summed E-state index contributed by atoms with van der Waals surface area (Å²) in [4.78, 5) is 6.62. The molecule has 0 saturated carbocycles. The molecule has 2 N–H and O–H groups in total. The third kappa shape index (κ3) is 2.12. The number of hydrogen-bond donors (Lipinski definition) is 2. The van der Waals surface area contributed by atoms with Crippen LogP contribution in [0.15, 0.2) is 4.99 Å². The first-order valence-electron chi connectivity index (χ1n) is 5.09. The summed E-state index contributed by atoms with van der Waals surface area (Å²) in [6, 6.07) is 0.626. The second-order valence-corrected chi connectivity index (χ2v) is 3.80. The predicted molar refractivity (Wildman–Crippen MR) is 54.0 cm³/mol. The van der Waals surface area contributed by atoms with E-state index in [1.165, 1.54) is 12.8 Å². The van der Waals surface area contributed by atoms with Gasteiger partial charge in [0.05, 0.1) is 6.54 Å². The summed E-state index contributed by atoms with van der Waals surface area (Å²) in [6.45, 7) is 4.28. The zero-order valence-electron chi connectivity index (χ0n) is 8.21. The van der Waals surface area contributed by atoms with Gasteiger partial charge in [0.1, 0.15) is 0 Å². The Morgan fingerprint density at radius 3 is 2.85 bits per heavy atom. The van der Waals surface area contributed by atoms with Crippen molar-refractivity contribution in [2.45, 2.75) is 18.9 Å². The highest BCUT2D eigenvalue weighted by molar-refractivity contribution is 5.81. The summed E-state index contributed by atoms with van der Waals surface area (Å²) in [6.07, 6.45) is 2.43. The van der Waals surface area contributed by atoms with Crippen molar-refractivity contribution in [1.29, 1.82) is 0 Å². The maximum absolute atomic E-state index is 4.42. The van der Waals surface area contributed by atoms with Gasteiger partial charge in [-0.1, -0.05) is 0 Å². The molecule has 0 aromatic carbocycles. The van der Waals surface area contributed by atoms with Crippen molar-refractivity contribution >= 4 is 5.96 Å². The lowest BCUT2D eigenvalue weighted by atomic mass is 10.1. The van der Waals surface area contributed by atoms with Crippen molar-refractivity contribution in [2.24, 2.45) is 4.99 Å². The SMILES string of the molecule is CN1CCN=C1NC1CCNCC1. The molecular formula is C9H18N4. The Bertz CT molecular complexity index is 196.